The maximum absolute atomic E-state index is 11.8. The van der Waals surface area contributed by atoms with Crippen molar-refractivity contribution in [1.82, 2.24) is 0 Å². The molecule has 1 aromatic carbocycles. The molecule has 0 radical (unpaired) electrons. The Morgan fingerprint density at radius 3 is 2.65 bits per heavy atom. The standard InChI is InChI=1S/C14H18N2O4/c1-20-14(17)11-8-5-9-12(16(18)19)13(11)15-10-6-3-2-4-7-10/h5,8-10,15H,2-4,6-7H2,1H3. The van der Waals surface area contributed by atoms with Crippen molar-refractivity contribution in [3.8, 4) is 0 Å². The molecule has 0 unspecified atom stereocenters. The molecule has 0 aliphatic heterocycles. The molecule has 0 atom stereocenters. The molecule has 0 aromatic heterocycles. The van der Waals surface area contributed by atoms with Gasteiger partial charge >= 0.3 is 5.97 Å². The van der Waals surface area contributed by atoms with Crippen LogP contribution in [-0.4, -0.2) is 24.0 Å². The lowest BCUT2D eigenvalue weighted by atomic mass is 9.95. The number of methoxy groups -OCH3 is 1. The van der Waals surface area contributed by atoms with Crippen molar-refractivity contribution in [2.45, 2.75) is 38.1 Å². The van der Waals surface area contributed by atoms with E-state index in [0.29, 0.717) is 0 Å². The third-order valence-electron chi connectivity index (χ3n) is 3.60. The molecule has 0 amide bonds. The van der Waals surface area contributed by atoms with E-state index in [1.54, 1.807) is 6.07 Å². The number of nitro groups is 1. The van der Waals surface area contributed by atoms with Crippen LogP contribution >= 0.6 is 0 Å². The van der Waals surface area contributed by atoms with Crippen LogP contribution < -0.4 is 5.32 Å². The second-order valence-corrected chi connectivity index (χ2v) is 4.93. The van der Waals surface area contributed by atoms with Crippen molar-refractivity contribution >= 4 is 17.3 Å². The first kappa shape index (κ1) is 14.3. The molecule has 6 heteroatoms. The summed E-state index contributed by atoms with van der Waals surface area (Å²) in [7, 11) is 1.27. The summed E-state index contributed by atoms with van der Waals surface area (Å²) in [4.78, 5) is 22.4. The van der Waals surface area contributed by atoms with Gasteiger partial charge in [-0.15, -0.1) is 0 Å². The number of rotatable bonds is 4. The van der Waals surface area contributed by atoms with Gasteiger partial charge in [-0.2, -0.15) is 0 Å². The van der Waals surface area contributed by atoms with Gasteiger partial charge in [-0.3, -0.25) is 10.1 Å². The summed E-state index contributed by atoms with van der Waals surface area (Å²) in [5.74, 6) is -0.563. The average Bonchev–Trinajstić information content (AvgIpc) is 2.47. The van der Waals surface area contributed by atoms with Gasteiger partial charge in [0, 0.05) is 12.1 Å². The largest absolute Gasteiger partial charge is 0.465 e. The number of anilines is 1. The van der Waals surface area contributed by atoms with Crippen molar-refractivity contribution in [2.75, 3.05) is 12.4 Å². The van der Waals surface area contributed by atoms with E-state index in [9.17, 15) is 14.9 Å². The SMILES string of the molecule is COC(=O)c1cccc([N+](=O)[O-])c1NC1CCCCC1. The number of hydrogen-bond acceptors (Lipinski definition) is 5. The fraction of sp³-hybridized carbons (Fsp3) is 0.500. The summed E-state index contributed by atoms with van der Waals surface area (Å²) in [6, 6.07) is 4.62. The maximum Gasteiger partial charge on any atom is 0.340 e. The van der Waals surface area contributed by atoms with Gasteiger partial charge in [0.05, 0.1) is 17.6 Å². The van der Waals surface area contributed by atoms with Crippen LogP contribution in [0.15, 0.2) is 18.2 Å². The predicted molar refractivity (Wildman–Crippen MR) is 74.9 cm³/mol. The lowest BCUT2D eigenvalue weighted by Crippen LogP contribution is -2.24. The van der Waals surface area contributed by atoms with E-state index in [4.69, 9.17) is 4.74 Å². The van der Waals surface area contributed by atoms with Gasteiger partial charge in [-0.05, 0) is 18.9 Å². The Morgan fingerprint density at radius 2 is 2.05 bits per heavy atom. The van der Waals surface area contributed by atoms with Crippen molar-refractivity contribution in [2.24, 2.45) is 0 Å². The van der Waals surface area contributed by atoms with E-state index in [2.05, 4.69) is 5.32 Å². The van der Waals surface area contributed by atoms with Gasteiger partial charge < -0.3 is 10.1 Å². The van der Waals surface area contributed by atoms with Gasteiger partial charge in [0.15, 0.2) is 0 Å². The number of nitrogens with one attached hydrogen (secondary N) is 1. The molecule has 108 valence electrons. The van der Waals surface area contributed by atoms with Crippen LogP contribution in [0.4, 0.5) is 11.4 Å². The van der Waals surface area contributed by atoms with Crippen LogP contribution in [0.2, 0.25) is 0 Å². The van der Waals surface area contributed by atoms with E-state index in [1.807, 2.05) is 0 Å². The minimum absolute atomic E-state index is 0.0847. The fourth-order valence-electron chi connectivity index (χ4n) is 2.58. The number of benzene rings is 1. The number of ether oxygens (including phenoxy) is 1. The Morgan fingerprint density at radius 1 is 1.35 bits per heavy atom. The average molecular weight is 278 g/mol. The molecular formula is C14H18N2O4. The molecule has 1 N–H and O–H groups in total. The number of esters is 1. The Kier molecular flexibility index (Phi) is 4.55. The summed E-state index contributed by atoms with van der Waals surface area (Å²) in [6.45, 7) is 0. The van der Waals surface area contributed by atoms with Gasteiger partial charge in [0.1, 0.15) is 5.69 Å². The highest BCUT2D eigenvalue weighted by molar-refractivity contribution is 5.98. The first-order valence-electron chi connectivity index (χ1n) is 6.75. The smallest absolute Gasteiger partial charge is 0.340 e. The zero-order valence-corrected chi connectivity index (χ0v) is 11.4. The molecule has 0 spiro atoms. The third-order valence-corrected chi connectivity index (χ3v) is 3.60. The van der Waals surface area contributed by atoms with Crippen LogP contribution in [0.3, 0.4) is 0 Å². The molecule has 6 nitrogen and oxygen atoms in total. The van der Waals surface area contributed by atoms with E-state index in [0.717, 1.165) is 25.7 Å². The van der Waals surface area contributed by atoms with Crippen LogP contribution in [0.1, 0.15) is 42.5 Å². The van der Waals surface area contributed by atoms with Crippen molar-refractivity contribution in [1.29, 1.82) is 0 Å². The number of carbonyl (C=O) groups is 1. The fourth-order valence-corrected chi connectivity index (χ4v) is 2.58. The predicted octanol–water partition coefficient (Wildman–Crippen LogP) is 3.13. The molecular weight excluding hydrogens is 260 g/mol. The monoisotopic (exact) mass is 278 g/mol. The van der Waals surface area contributed by atoms with Gasteiger partial charge in [-0.1, -0.05) is 25.3 Å². The summed E-state index contributed by atoms with van der Waals surface area (Å²) in [5, 5.41) is 14.3. The van der Waals surface area contributed by atoms with Gasteiger partial charge in [0.2, 0.25) is 0 Å². The third kappa shape index (κ3) is 3.07. The van der Waals surface area contributed by atoms with Crippen LogP contribution in [-0.2, 0) is 4.74 Å². The Bertz CT molecular complexity index is 510. The highest BCUT2D eigenvalue weighted by Crippen LogP contribution is 2.31. The summed E-state index contributed by atoms with van der Waals surface area (Å²) >= 11 is 0. The van der Waals surface area contributed by atoms with Crippen LogP contribution in [0.5, 0.6) is 0 Å². The van der Waals surface area contributed by atoms with Crippen LogP contribution in [0, 0.1) is 10.1 Å². The van der Waals surface area contributed by atoms with Gasteiger partial charge in [-0.25, -0.2) is 4.79 Å². The zero-order chi connectivity index (χ0) is 14.5. The molecule has 1 aliphatic rings. The summed E-state index contributed by atoms with van der Waals surface area (Å²) < 4.78 is 4.70. The second kappa shape index (κ2) is 6.36. The second-order valence-electron chi connectivity index (χ2n) is 4.93. The minimum atomic E-state index is -0.563. The van der Waals surface area contributed by atoms with E-state index >= 15 is 0 Å². The van der Waals surface area contributed by atoms with E-state index in [1.165, 1.54) is 25.7 Å². The van der Waals surface area contributed by atoms with Gasteiger partial charge in [0.25, 0.3) is 5.69 Å². The van der Waals surface area contributed by atoms with Crippen molar-refractivity contribution in [3.05, 3.63) is 33.9 Å². The molecule has 1 fully saturated rings. The highest BCUT2D eigenvalue weighted by Gasteiger charge is 2.25. The Hall–Kier alpha value is -2.11. The lowest BCUT2D eigenvalue weighted by molar-refractivity contribution is -0.384. The number of hydrogen-bond donors (Lipinski definition) is 1. The molecule has 1 aliphatic carbocycles. The highest BCUT2D eigenvalue weighted by atomic mass is 16.6. The first-order chi connectivity index (χ1) is 9.63. The quantitative estimate of drug-likeness (QED) is 0.520. The summed E-state index contributed by atoms with van der Waals surface area (Å²) in [6.07, 6.45) is 5.33. The first-order valence-corrected chi connectivity index (χ1v) is 6.75. The Labute approximate surface area is 117 Å². The zero-order valence-electron chi connectivity index (χ0n) is 11.4. The molecule has 1 saturated carbocycles. The minimum Gasteiger partial charge on any atom is -0.465 e. The van der Waals surface area contributed by atoms with E-state index in [-0.39, 0.29) is 23.0 Å². The lowest BCUT2D eigenvalue weighted by Gasteiger charge is -2.24. The van der Waals surface area contributed by atoms with Crippen LogP contribution in [0.25, 0.3) is 0 Å². The number of para-hydroxylation sites is 1. The Balaban J connectivity index is 2.35. The van der Waals surface area contributed by atoms with E-state index < -0.39 is 10.9 Å². The normalized spacial score (nSPS) is 15.7. The number of nitro benzene ring substituents is 1. The number of carbonyl (C=O) groups excluding carboxylic acids is 1. The summed E-state index contributed by atoms with van der Waals surface area (Å²) in [5.41, 5.74) is 0.405. The number of nitrogens with zero attached hydrogens (tertiary/aromatic N) is 1. The molecule has 20 heavy (non-hydrogen) atoms. The van der Waals surface area contributed by atoms with Crippen molar-refractivity contribution in [3.63, 3.8) is 0 Å². The molecule has 1 aromatic rings. The molecule has 0 saturated heterocycles. The molecule has 2 rings (SSSR count). The van der Waals surface area contributed by atoms with Crippen molar-refractivity contribution < 1.29 is 14.5 Å². The molecule has 0 heterocycles. The topological polar surface area (TPSA) is 81.5 Å². The maximum atomic E-state index is 11.8. The molecule has 0 bridgehead atoms.